The van der Waals surface area contributed by atoms with Crippen molar-refractivity contribution in [3.05, 3.63) is 41.1 Å². The van der Waals surface area contributed by atoms with Crippen LogP contribution in [0.4, 0.5) is 0 Å². The molecule has 2 aromatic rings. The summed E-state index contributed by atoms with van der Waals surface area (Å²) in [7, 11) is -2.56. The van der Waals surface area contributed by atoms with Crippen molar-refractivity contribution in [2.75, 3.05) is 13.7 Å². The first kappa shape index (κ1) is 19.9. The SMILES string of the molecule is CCOC(=O)c1c(Cc2ccc(OC)cc2)c(S(N)(=O)=O)nn1C(C)C. The monoisotopic (exact) mass is 381 g/mol. The van der Waals surface area contributed by atoms with Gasteiger partial charge in [-0.2, -0.15) is 5.10 Å². The summed E-state index contributed by atoms with van der Waals surface area (Å²) in [6.07, 6.45) is 0.163. The number of nitrogens with two attached hydrogens (primary N) is 1. The molecule has 0 atom stereocenters. The summed E-state index contributed by atoms with van der Waals surface area (Å²) in [5.74, 6) is 0.0380. The molecule has 0 unspecified atom stereocenters. The second-order valence-corrected chi connectivity index (χ2v) is 7.44. The lowest BCUT2D eigenvalue weighted by molar-refractivity contribution is 0.0508. The Kier molecular flexibility index (Phi) is 6.04. The molecule has 1 heterocycles. The van der Waals surface area contributed by atoms with Gasteiger partial charge in [0.2, 0.25) is 0 Å². The molecule has 0 amide bonds. The zero-order valence-corrected chi connectivity index (χ0v) is 16.0. The number of primary sulfonamides is 1. The molecule has 1 aromatic carbocycles. The molecule has 2 N–H and O–H groups in total. The fourth-order valence-electron chi connectivity index (χ4n) is 2.57. The van der Waals surface area contributed by atoms with Crippen molar-refractivity contribution in [1.29, 1.82) is 0 Å². The molecule has 0 aliphatic rings. The first-order valence-electron chi connectivity index (χ1n) is 8.13. The Hall–Kier alpha value is -2.39. The number of esters is 1. The number of aromatic nitrogens is 2. The lowest BCUT2D eigenvalue weighted by atomic mass is 10.0. The summed E-state index contributed by atoms with van der Waals surface area (Å²) >= 11 is 0. The van der Waals surface area contributed by atoms with Gasteiger partial charge in [0.05, 0.1) is 13.7 Å². The van der Waals surface area contributed by atoms with E-state index in [-0.39, 0.29) is 35.4 Å². The molecule has 0 spiro atoms. The molecule has 0 bridgehead atoms. The normalized spacial score (nSPS) is 11.6. The number of benzene rings is 1. The predicted molar refractivity (Wildman–Crippen MR) is 95.7 cm³/mol. The number of hydrogen-bond donors (Lipinski definition) is 1. The van der Waals surface area contributed by atoms with Crippen LogP contribution in [0.5, 0.6) is 5.75 Å². The van der Waals surface area contributed by atoms with Gasteiger partial charge in [0.15, 0.2) is 10.7 Å². The van der Waals surface area contributed by atoms with Crippen LogP contribution >= 0.6 is 0 Å². The van der Waals surface area contributed by atoms with Crippen molar-refractivity contribution in [2.24, 2.45) is 5.14 Å². The van der Waals surface area contributed by atoms with Crippen molar-refractivity contribution in [1.82, 2.24) is 9.78 Å². The van der Waals surface area contributed by atoms with Gasteiger partial charge >= 0.3 is 5.97 Å². The van der Waals surface area contributed by atoms with Crippen LogP contribution in [0.2, 0.25) is 0 Å². The van der Waals surface area contributed by atoms with Crippen molar-refractivity contribution in [2.45, 2.75) is 38.3 Å². The van der Waals surface area contributed by atoms with Crippen LogP contribution < -0.4 is 9.88 Å². The Labute approximate surface area is 153 Å². The van der Waals surface area contributed by atoms with Crippen LogP contribution in [-0.4, -0.2) is 37.9 Å². The van der Waals surface area contributed by atoms with Gasteiger partial charge < -0.3 is 9.47 Å². The third-order valence-corrected chi connectivity index (χ3v) is 4.61. The number of sulfonamides is 1. The molecular formula is C17H23N3O5S. The predicted octanol–water partition coefficient (Wildman–Crippen LogP) is 1.89. The van der Waals surface area contributed by atoms with Gasteiger partial charge in [0, 0.05) is 18.0 Å². The highest BCUT2D eigenvalue weighted by molar-refractivity contribution is 7.89. The van der Waals surface area contributed by atoms with Crippen LogP contribution in [-0.2, 0) is 21.2 Å². The minimum Gasteiger partial charge on any atom is -0.497 e. The van der Waals surface area contributed by atoms with E-state index in [9.17, 15) is 13.2 Å². The van der Waals surface area contributed by atoms with Crippen molar-refractivity contribution in [3.8, 4) is 5.75 Å². The van der Waals surface area contributed by atoms with Gasteiger partial charge in [0.1, 0.15) is 5.75 Å². The molecule has 0 saturated heterocycles. The molecule has 142 valence electrons. The van der Waals surface area contributed by atoms with Gasteiger partial charge in [-0.1, -0.05) is 12.1 Å². The van der Waals surface area contributed by atoms with Crippen molar-refractivity contribution >= 4 is 16.0 Å². The largest absolute Gasteiger partial charge is 0.497 e. The lowest BCUT2D eigenvalue weighted by Gasteiger charge is -2.11. The van der Waals surface area contributed by atoms with E-state index >= 15 is 0 Å². The van der Waals surface area contributed by atoms with Gasteiger partial charge in [0.25, 0.3) is 10.0 Å². The fraction of sp³-hybridized carbons (Fsp3) is 0.412. The number of rotatable bonds is 7. The van der Waals surface area contributed by atoms with E-state index in [2.05, 4.69) is 5.10 Å². The maximum absolute atomic E-state index is 12.5. The molecule has 9 heteroatoms. The molecule has 0 radical (unpaired) electrons. The molecule has 8 nitrogen and oxygen atoms in total. The summed E-state index contributed by atoms with van der Waals surface area (Å²) in [5, 5.41) is 9.12. The van der Waals surface area contributed by atoms with E-state index < -0.39 is 16.0 Å². The molecule has 2 rings (SSSR count). The topological polar surface area (TPSA) is 114 Å². The zero-order chi connectivity index (χ0) is 19.5. The Balaban J connectivity index is 2.63. The summed E-state index contributed by atoms with van der Waals surface area (Å²) in [6, 6.07) is 6.83. The maximum atomic E-state index is 12.5. The number of carbonyl (C=O) groups is 1. The van der Waals surface area contributed by atoms with Gasteiger partial charge in [-0.3, -0.25) is 4.68 Å². The average molecular weight is 381 g/mol. The number of carbonyl (C=O) groups excluding carboxylic acids is 1. The molecule has 1 aromatic heterocycles. The van der Waals surface area contributed by atoms with Crippen LogP contribution in [0.1, 0.15) is 48.4 Å². The van der Waals surface area contributed by atoms with E-state index in [1.165, 1.54) is 4.68 Å². The van der Waals surface area contributed by atoms with Gasteiger partial charge in [-0.25, -0.2) is 18.4 Å². The molecule has 0 aliphatic carbocycles. The lowest BCUT2D eigenvalue weighted by Crippen LogP contribution is -2.16. The number of ether oxygens (including phenoxy) is 2. The van der Waals surface area contributed by atoms with Crippen LogP contribution in [0.15, 0.2) is 29.3 Å². The Bertz CT molecular complexity index is 886. The molecule has 0 fully saturated rings. The standard InChI is InChI=1S/C17H23N3O5S/c1-5-25-17(21)15-14(10-12-6-8-13(24-4)9-7-12)16(26(18,22)23)19-20(15)11(2)3/h6-9,11H,5,10H2,1-4H3,(H2,18,22,23). The average Bonchev–Trinajstić information content (AvgIpc) is 2.95. The number of nitrogens with zero attached hydrogens (tertiary/aromatic N) is 2. The highest BCUT2D eigenvalue weighted by Crippen LogP contribution is 2.26. The maximum Gasteiger partial charge on any atom is 0.356 e. The Morgan fingerprint density at radius 1 is 1.27 bits per heavy atom. The third-order valence-electron chi connectivity index (χ3n) is 3.74. The van der Waals surface area contributed by atoms with Crippen molar-refractivity contribution < 1.29 is 22.7 Å². The highest BCUT2D eigenvalue weighted by Gasteiger charge is 2.30. The van der Waals surface area contributed by atoms with Crippen LogP contribution in [0.25, 0.3) is 0 Å². The quantitative estimate of drug-likeness (QED) is 0.733. The first-order chi connectivity index (χ1) is 12.2. The fourth-order valence-corrected chi connectivity index (χ4v) is 3.29. The third kappa shape index (κ3) is 4.23. The highest BCUT2D eigenvalue weighted by atomic mass is 32.2. The smallest absolute Gasteiger partial charge is 0.356 e. The van der Waals surface area contributed by atoms with E-state index in [1.54, 1.807) is 52.1 Å². The number of methoxy groups -OCH3 is 1. The second-order valence-electron chi connectivity index (χ2n) is 5.96. The molecule has 0 saturated carbocycles. The van der Waals surface area contributed by atoms with Crippen LogP contribution in [0.3, 0.4) is 0 Å². The van der Waals surface area contributed by atoms with Crippen LogP contribution in [0, 0.1) is 0 Å². The van der Waals surface area contributed by atoms with E-state index in [0.717, 1.165) is 5.56 Å². The second kappa shape index (κ2) is 7.88. The zero-order valence-electron chi connectivity index (χ0n) is 15.2. The van der Waals surface area contributed by atoms with E-state index in [1.807, 2.05) is 0 Å². The van der Waals surface area contributed by atoms with E-state index in [0.29, 0.717) is 5.75 Å². The summed E-state index contributed by atoms with van der Waals surface area (Å²) in [6.45, 7) is 5.42. The summed E-state index contributed by atoms with van der Waals surface area (Å²) in [4.78, 5) is 12.5. The molecule has 26 heavy (non-hydrogen) atoms. The summed E-state index contributed by atoms with van der Waals surface area (Å²) in [5.41, 5.74) is 1.11. The Morgan fingerprint density at radius 2 is 1.88 bits per heavy atom. The van der Waals surface area contributed by atoms with Gasteiger partial charge in [-0.05, 0) is 38.5 Å². The van der Waals surface area contributed by atoms with Gasteiger partial charge in [-0.15, -0.1) is 0 Å². The Morgan fingerprint density at radius 3 is 2.35 bits per heavy atom. The first-order valence-corrected chi connectivity index (χ1v) is 9.67. The van der Waals surface area contributed by atoms with Crippen molar-refractivity contribution in [3.63, 3.8) is 0 Å². The van der Waals surface area contributed by atoms with E-state index in [4.69, 9.17) is 14.6 Å². The number of hydrogen-bond acceptors (Lipinski definition) is 6. The molecule has 0 aliphatic heterocycles. The molecular weight excluding hydrogens is 358 g/mol. The minimum atomic E-state index is -4.11. The minimum absolute atomic E-state index is 0.0988. The summed E-state index contributed by atoms with van der Waals surface area (Å²) < 4.78 is 35.7.